The highest BCUT2D eigenvalue weighted by Gasteiger charge is 2.24. The topological polar surface area (TPSA) is 126 Å². The average molecular weight is 276 g/mol. The van der Waals surface area contributed by atoms with Gasteiger partial charge in [-0.15, -0.1) is 0 Å². The molecule has 3 N–H and O–H groups in total. The zero-order valence-corrected chi connectivity index (χ0v) is 10.5. The fourth-order valence-electron chi connectivity index (χ4n) is 1.16. The number of rotatable bonds is 5. The highest BCUT2D eigenvalue weighted by molar-refractivity contribution is 7.89. The maximum absolute atomic E-state index is 11.8. The Labute approximate surface area is 103 Å². The van der Waals surface area contributed by atoms with Crippen LogP contribution in [0.2, 0.25) is 0 Å². The van der Waals surface area contributed by atoms with Crippen molar-refractivity contribution in [2.75, 3.05) is 13.6 Å². The van der Waals surface area contributed by atoms with Crippen LogP contribution in [0.15, 0.2) is 15.4 Å². The first kappa shape index (κ1) is 14.2. The number of likely N-dealkylation sites (N-methyl/N-ethyl adjacent to an activating group) is 1. The van der Waals surface area contributed by atoms with Crippen molar-refractivity contribution in [3.05, 3.63) is 17.6 Å². The zero-order chi connectivity index (χ0) is 13.9. The number of carboxylic acids is 1. The first-order valence-electron chi connectivity index (χ1n) is 4.82. The van der Waals surface area contributed by atoms with Crippen LogP contribution in [0.1, 0.15) is 16.3 Å². The minimum atomic E-state index is -3.98. The number of nitrogens with one attached hydrogen (secondary N) is 2. The summed E-state index contributed by atoms with van der Waals surface area (Å²) in [5, 5.41) is 10.9. The van der Waals surface area contributed by atoms with Crippen LogP contribution in [-0.2, 0) is 14.8 Å². The van der Waals surface area contributed by atoms with Gasteiger partial charge < -0.3 is 14.8 Å². The summed E-state index contributed by atoms with van der Waals surface area (Å²) in [6.45, 7) is 0.882. The summed E-state index contributed by atoms with van der Waals surface area (Å²) in [5.41, 5.74) is 0. The molecule has 0 spiro atoms. The lowest BCUT2D eigenvalue weighted by Crippen LogP contribution is -2.35. The summed E-state index contributed by atoms with van der Waals surface area (Å²) in [6, 6.07) is 0.893. The first-order chi connectivity index (χ1) is 8.27. The molecule has 0 unspecified atom stereocenters. The Morgan fingerprint density at radius 3 is 2.50 bits per heavy atom. The van der Waals surface area contributed by atoms with Crippen molar-refractivity contribution in [3.63, 3.8) is 0 Å². The molecule has 18 heavy (non-hydrogen) atoms. The van der Waals surface area contributed by atoms with Gasteiger partial charge in [-0.3, -0.25) is 4.79 Å². The van der Waals surface area contributed by atoms with E-state index >= 15 is 0 Å². The number of aryl methyl sites for hydroxylation is 1. The number of sulfonamides is 1. The van der Waals surface area contributed by atoms with Gasteiger partial charge >= 0.3 is 5.97 Å². The summed E-state index contributed by atoms with van der Waals surface area (Å²) in [7, 11) is -2.61. The molecule has 0 radical (unpaired) electrons. The van der Waals surface area contributed by atoms with E-state index in [-0.39, 0.29) is 10.7 Å². The van der Waals surface area contributed by atoms with Crippen LogP contribution >= 0.6 is 0 Å². The van der Waals surface area contributed by atoms with Crippen molar-refractivity contribution in [2.45, 2.75) is 11.8 Å². The second-order valence-corrected chi connectivity index (χ2v) is 5.07. The van der Waals surface area contributed by atoms with Gasteiger partial charge in [-0.25, -0.2) is 17.9 Å². The van der Waals surface area contributed by atoms with Gasteiger partial charge in [-0.1, -0.05) is 0 Å². The van der Waals surface area contributed by atoms with E-state index < -0.39 is 34.2 Å². The number of carbonyl (C=O) groups is 2. The molecule has 0 aromatic carbocycles. The summed E-state index contributed by atoms with van der Waals surface area (Å²) < 4.78 is 30.3. The molecule has 9 heteroatoms. The third-order valence-electron chi connectivity index (χ3n) is 2.07. The monoisotopic (exact) mass is 276 g/mol. The molecule has 0 aliphatic heterocycles. The van der Waals surface area contributed by atoms with Crippen molar-refractivity contribution < 1.29 is 27.5 Å². The van der Waals surface area contributed by atoms with Gasteiger partial charge in [0, 0.05) is 13.1 Å². The molecule has 0 saturated carbocycles. The molecule has 8 nitrogen and oxygen atoms in total. The lowest BCUT2D eigenvalue weighted by molar-refractivity contribution is -0.119. The van der Waals surface area contributed by atoms with Crippen LogP contribution in [0, 0.1) is 6.92 Å². The van der Waals surface area contributed by atoms with E-state index in [0.29, 0.717) is 0 Å². The maximum atomic E-state index is 11.8. The van der Waals surface area contributed by atoms with Crippen molar-refractivity contribution in [1.29, 1.82) is 0 Å². The van der Waals surface area contributed by atoms with Crippen LogP contribution in [0.25, 0.3) is 0 Å². The zero-order valence-electron chi connectivity index (χ0n) is 9.68. The van der Waals surface area contributed by atoms with Crippen LogP contribution in [0.4, 0.5) is 0 Å². The predicted molar refractivity (Wildman–Crippen MR) is 59.7 cm³/mol. The third kappa shape index (κ3) is 3.08. The molecule has 100 valence electrons. The van der Waals surface area contributed by atoms with Gasteiger partial charge in [0.05, 0.1) is 6.54 Å². The van der Waals surface area contributed by atoms with Crippen molar-refractivity contribution in [3.8, 4) is 0 Å². The van der Waals surface area contributed by atoms with Crippen LogP contribution < -0.4 is 10.0 Å². The van der Waals surface area contributed by atoms with E-state index in [2.05, 4.69) is 5.32 Å². The fraction of sp³-hybridized carbons (Fsp3) is 0.333. The van der Waals surface area contributed by atoms with Gasteiger partial charge in [-0.2, -0.15) is 0 Å². The van der Waals surface area contributed by atoms with Crippen LogP contribution in [-0.4, -0.2) is 39.0 Å². The molecule has 0 atom stereocenters. The quantitative estimate of drug-likeness (QED) is 0.653. The second kappa shape index (κ2) is 5.19. The van der Waals surface area contributed by atoms with Crippen molar-refractivity contribution in [2.24, 2.45) is 0 Å². The minimum Gasteiger partial charge on any atom is -0.475 e. The van der Waals surface area contributed by atoms with Gasteiger partial charge in [0.25, 0.3) is 0 Å². The molecule has 0 fully saturated rings. The van der Waals surface area contributed by atoms with E-state index in [1.807, 2.05) is 4.72 Å². The van der Waals surface area contributed by atoms with Gasteiger partial charge in [0.1, 0.15) is 10.7 Å². The average Bonchev–Trinajstić information content (AvgIpc) is 2.69. The number of amides is 1. The normalized spacial score (nSPS) is 11.2. The highest BCUT2D eigenvalue weighted by Crippen LogP contribution is 2.19. The van der Waals surface area contributed by atoms with Gasteiger partial charge in [0.2, 0.25) is 21.7 Å². The van der Waals surface area contributed by atoms with E-state index in [4.69, 9.17) is 9.52 Å². The predicted octanol–water partition coefficient (Wildman–Crippen LogP) is -0.689. The molecule has 1 aromatic rings. The molecule has 1 rings (SSSR count). The van der Waals surface area contributed by atoms with E-state index in [9.17, 15) is 18.0 Å². The largest absolute Gasteiger partial charge is 0.475 e. The Morgan fingerprint density at radius 2 is 2.06 bits per heavy atom. The molecular formula is C9H12N2O6S. The number of aromatic carboxylic acids is 1. The number of furan rings is 1. The molecule has 1 aromatic heterocycles. The fourth-order valence-corrected chi connectivity index (χ4v) is 2.32. The molecule has 1 heterocycles. The highest BCUT2D eigenvalue weighted by atomic mass is 32.2. The number of hydrogen-bond donors (Lipinski definition) is 3. The number of carbonyl (C=O) groups excluding carboxylic acids is 1. The smallest absolute Gasteiger partial charge is 0.371 e. The summed E-state index contributed by atoms with van der Waals surface area (Å²) >= 11 is 0. The lowest BCUT2D eigenvalue weighted by Gasteiger charge is -2.04. The molecule has 0 saturated heterocycles. The summed E-state index contributed by atoms with van der Waals surface area (Å²) in [4.78, 5) is 21.3. The van der Waals surface area contributed by atoms with E-state index in [1.165, 1.54) is 14.0 Å². The molecule has 0 bridgehead atoms. The number of carboxylic acid groups (broad SMARTS) is 1. The summed E-state index contributed by atoms with van der Waals surface area (Å²) in [5.74, 6) is -2.42. The molecule has 1 amide bonds. The van der Waals surface area contributed by atoms with Crippen molar-refractivity contribution >= 4 is 21.9 Å². The molecule has 0 aliphatic rings. The first-order valence-corrected chi connectivity index (χ1v) is 6.30. The minimum absolute atomic E-state index is 0.0585. The third-order valence-corrected chi connectivity index (χ3v) is 3.58. The Balaban J connectivity index is 2.98. The summed E-state index contributed by atoms with van der Waals surface area (Å²) in [6.07, 6.45) is 0. The Hall–Kier alpha value is -1.87. The molecular weight excluding hydrogens is 264 g/mol. The second-order valence-electron chi connectivity index (χ2n) is 3.33. The Kier molecular flexibility index (Phi) is 4.09. The van der Waals surface area contributed by atoms with Crippen LogP contribution in [0.3, 0.4) is 0 Å². The van der Waals surface area contributed by atoms with Crippen LogP contribution in [0.5, 0.6) is 0 Å². The molecule has 0 aliphatic carbocycles. The number of hydrogen-bond acceptors (Lipinski definition) is 5. The Bertz CT molecular complexity index is 574. The van der Waals surface area contributed by atoms with E-state index in [1.54, 1.807) is 0 Å². The Morgan fingerprint density at radius 1 is 1.44 bits per heavy atom. The maximum Gasteiger partial charge on any atom is 0.371 e. The van der Waals surface area contributed by atoms with Crippen molar-refractivity contribution in [1.82, 2.24) is 10.0 Å². The SMILES string of the molecule is CNC(=O)CNS(=O)(=O)c1cc(C(=O)O)oc1C. The standard InChI is InChI=1S/C9H12N2O6S/c1-5-7(3-6(17-5)9(13)14)18(15,16)11-4-8(12)10-2/h3,11H,4H2,1-2H3,(H,10,12)(H,13,14). The van der Waals surface area contributed by atoms with Gasteiger partial charge in [-0.05, 0) is 6.92 Å². The lowest BCUT2D eigenvalue weighted by atomic mass is 10.4. The van der Waals surface area contributed by atoms with E-state index in [0.717, 1.165) is 6.07 Å². The van der Waals surface area contributed by atoms with Gasteiger partial charge in [0.15, 0.2) is 0 Å².